The molecule has 0 unspecified atom stereocenters. The van der Waals surface area contributed by atoms with Crippen molar-refractivity contribution in [2.24, 2.45) is 0 Å². The molecule has 0 heterocycles. The number of benzene rings is 3. The Morgan fingerprint density at radius 2 is 1.65 bits per heavy atom. The molecule has 0 atom stereocenters. The van der Waals surface area contributed by atoms with Gasteiger partial charge in [0.1, 0.15) is 17.2 Å². The fraction of sp³-hybridized carbons (Fsp3) is 0.130. The molecule has 0 aliphatic rings. The van der Waals surface area contributed by atoms with Crippen LogP contribution in [0, 0.1) is 13.8 Å². The number of hydrogen-bond donors (Lipinski definition) is 2. The molecule has 0 fully saturated rings. The van der Waals surface area contributed by atoms with Gasteiger partial charge in [-0.1, -0.05) is 23.7 Å². The normalized spacial score (nSPS) is 11.0. The lowest BCUT2D eigenvalue weighted by Gasteiger charge is -2.16. The van der Waals surface area contributed by atoms with Crippen molar-refractivity contribution in [2.45, 2.75) is 20.2 Å². The van der Waals surface area contributed by atoms with Crippen molar-refractivity contribution in [2.75, 3.05) is 5.32 Å². The Morgan fingerprint density at radius 1 is 1.00 bits per heavy atom. The zero-order valence-electron chi connectivity index (χ0n) is 17.7. The molecule has 0 saturated carbocycles. The van der Waals surface area contributed by atoms with Crippen LogP contribution in [-0.4, -0.2) is 18.3 Å². The second-order valence-electron chi connectivity index (χ2n) is 7.07. The van der Waals surface area contributed by atoms with E-state index >= 15 is 0 Å². The highest BCUT2D eigenvalue weighted by Gasteiger charge is 2.32. The lowest BCUT2D eigenvalue weighted by atomic mass is 10.1. The molecule has 0 aliphatic carbocycles. The average Bonchev–Trinajstić information content (AvgIpc) is 2.72. The smallest absolute Gasteiger partial charge is 0.457 e. The minimum Gasteiger partial charge on any atom is -0.457 e. The first-order chi connectivity index (χ1) is 15.9. The number of carbonyl (C=O) groups is 2. The minimum atomic E-state index is -4.86. The van der Waals surface area contributed by atoms with Crippen molar-refractivity contribution in [1.82, 2.24) is 5.32 Å². The summed E-state index contributed by atoms with van der Waals surface area (Å²) >= 11 is 9.13. The summed E-state index contributed by atoms with van der Waals surface area (Å²) in [6.07, 6.45) is -4.86. The second kappa shape index (κ2) is 10.4. The van der Waals surface area contributed by atoms with Crippen LogP contribution in [0.1, 0.15) is 21.5 Å². The van der Waals surface area contributed by atoms with Crippen LogP contribution in [0.15, 0.2) is 59.1 Å². The lowest BCUT2D eigenvalue weighted by Crippen LogP contribution is -2.34. The van der Waals surface area contributed by atoms with Crippen LogP contribution in [-0.2, 0) is 0 Å². The van der Waals surface area contributed by atoms with Gasteiger partial charge in [-0.3, -0.25) is 10.1 Å². The van der Waals surface area contributed by atoms with Crippen LogP contribution < -0.4 is 20.1 Å². The SMILES string of the molecule is Cc1cc(NC(=O)NC(=O)c2ccccc2Br)cc(C)c1Oc1ccc(OC(F)(F)F)c(Cl)c1. The highest BCUT2D eigenvalue weighted by Crippen LogP contribution is 2.36. The number of aryl methyl sites for hydroxylation is 2. The topological polar surface area (TPSA) is 76.7 Å². The largest absolute Gasteiger partial charge is 0.573 e. The maximum atomic E-state index is 12.4. The predicted molar refractivity (Wildman–Crippen MR) is 125 cm³/mol. The third-order valence-electron chi connectivity index (χ3n) is 4.41. The molecule has 0 aromatic heterocycles. The number of urea groups is 1. The van der Waals surface area contributed by atoms with E-state index in [9.17, 15) is 22.8 Å². The van der Waals surface area contributed by atoms with Gasteiger partial charge in [-0.25, -0.2) is 4.79 Å². The van der Waals surface area contributed by atoms with Crippen molar-refractivity contribution < 1.29 is 32.2 Å². The summed E-state index contributed by atoms with van der Waals surface area (Å²) in [6, 6.07) is 12.7. The fourth-order valence-corrected chi connectivity index (χ4v) is 3.71. The molecule has 3 aromatic rings. The van der Waals surface area contributed by atoms with E-state index in [4.69, 9.17) is 16.3 Å². The van der Waals surface area contributed by atoms with E-state index in [1.165, 1.54) is 12.1 Å². The molecule has 0 bridgehead atoms. The number of amides is 3. The monoisotopic (exact) mass is 556 g/mol. The van der Waals surface area contributed by atoms with E-state index in [-0.39, 0.29) is 10.8 Å². The van der Waals surface area contributed by atoms with Gasteiger partial charge < -0.3 is 14.8 Å². The third-order valence-corrected chi connectivity index (χ3v) is 5.40. The summed E-state index contributed by atoms with van der Waals surface area (Å²) in [6.45, 7) is 3.45. The number of rotatable bonds is 5. The van der Waals surface area contributed by atoms with E-state index < -0.39 is 24.1 Å². The number of alkyl halides is 3. The Bertz CT molecular complexity index is 1230. The Morgan fingerprint density at radius 3 is 2.24 bits per heavy atom. The van der Waals surface area contributed by atoms with Gasteiger partial charge in [0.25, 0.3) is 5.91 Å². The van der Waals surface area contributed by atoms with Gasteiger partial charge in [0.2, 0.25) is 0 Å². The zero-order valence-corrected chi connectivity index (χ0v) is 20.1. The quantitative estimate of drug-likeness (QED) is 0.343. The van der Waals surface area contributed by atoms with E-state index in [2.05, 4.69) is 31.3 Å². The van der Waals surface area contributed by atoms with Crippen LogP contribution in [0.5, 0.6) is 17.2 Å². The Hall–Kier alpha value is -3.24. The molecule has 0 saturated heterocycles. The lowest BCUT2D eigenvalue weighted by molar-refractivity contribution is -0.274. The van der Waals surface area contributed by atoms with Crippen molar-refractivity contribution in [1.29, 1.82) is 0 Å². The maximum Gasteiger partial charge on any atom is 0.573 e. The molecule has 34 heavy (non-hydrogen) atoms. The number of halogens is 5. The van der Waals surface area contributed by atoms with E-state index in [0.717, 1.165) is 6.07 Å². The summed E-state index contributed by atoms with van der Waals surface area (Å²) < 4.78 is 47.4. The van der Waals surface area contributed by atoms with E-state index in [1.807, 2.05) is 0 Å². The van der Waals surface area contributed by atoms with Gasteiger partial charge in [0.05, 0.1) is 10.6 Å². The molecule has 3 rings (SSSR count). The van der Waals surface area contributed by atoms with Gasteiger partial charge >= 0.3 is 12.4 Å². The molecule has 178 valence electrons. The van der Waals surface area contributed by atoms with Crippen LogP contribution in [0.4, 0.5) is 23.7 Å². The molecule has 6 nitrogen and oxygen atoms in total. The van der Waals surface area contributed by atoms with Crippen LogP contribution in [0.25, 0.3) is 0 Å². The summed E-state index contributed by atoms with van der Waals surface area (Å²) in [7, 11) is 0. The summed E-state index contributed by atoms with van der Waals surface area (Å²) in [5.74, 6) is -0.496. The predicted octanol–water partition coefficient (Wildman–Crippen LogP) is 7.37. The number of carbonyl (C=O) groups excluding carboxylic acids is 2. The molecule has 3 aromatic carbocycles. The van der Waals surface area contributed by atoms with Gasteiger partial charge in [-0.15, -0.1) is 13.2 Å². The molecule has 0 spiro atoms. The Balaban J connectivity index is 1.70. The van der Waals surface area contributed by atoms with Gasteiger partial charge in [0.15, 0.2) is 0 Å². The fourth-order valence-electron chi connectivity index (χ4n) is 3.03. The van der Waals surface area contributed by atoms with Gasteiger partial charge in [-0.2, -0.15) is 0 Å². The molecular weight excluding hydrogens is 541 g/mol. The first-order valence-electron chi connectivity index (χ1n) is 9.64. The summed E-state index contributed by atoms with van der Waals surface area (Å²) in [5, 5.41) is 4.57. The molecule has 11 heteroatoms. The first-order valence-corrected chi connectivity index (χ1v) is 10.8. The van der Waals surface area contributed by atoms with Crippen molar-refractivity contribution in [3.05, 3.63) is 80.8 Å². The zero-order chi connectivity index (χ0) is 25.0. The highest BCUT2D eigenvalue weighted by molar-refractivity contribution is 9.10. The van der Waals surface area contributed by atoms with Crippen LogP contribution >= 0.6 is 27.5 Å². The van der Waals surface area contributed by atoms with Gasteiger partial charge in [-0.05, 0) is 77.3 Å². The van der Waals surface area contributed by atoms with Crippen LogP contribution in [0.2, 0.25) is 5.02 Å². The van der Waals surface area contributed by atoms with Crippen molar-refractivity contribution in [3.8, 4) is 17.2 Å². The maximum absolute atomic E-state index is 12.4. The molecule has 0 aliphatic heterocycles. The van der Waals surface area contributed by atoms with E-state index in [0.29, 0.717) is 32.6 Å². The van der Waals surface area contributed by atoms with Crippen LogP contribution in [0.3, 0.4) is 0 Å². The van der Waals surface area contributed by atoms with Crippen molar-refractivity contribution >= 4 is 45.2 Å². The minimum absolute atomic E-state index is 0.197. The molecule has 2 N–H and O–H groups in total. The summed E-state index contributed by atoms with van der Waals surface area (Å²) in [5.41, 5.74) is 1.96. The average molecular weight is 558 g/mol. The Labute approximate surface area is 206 Å². The van der Waals surface area contributed by atoms with E-state index in [1.54, 1.807) is 50.2 Å². The Kier molecular flexibility index (Phi) is 7.73. The number of imide groups is 1. The van der Waals surface area contributed by atoms with Gasteiger partial charge in [0, 0.05) is 16.2 Å². The standard InChI is InChI=1S/C23H17BrClF3N2O4/c1-12-9-14(29-22(32)30-21(31)16-5-3-4-6-17(16)24)10-13(2)20(12)33-15-7-8-19(18(25)11-15)34-23(26,27)28/h3-11H,1-2H3,(H2,29,30,31,32). The molecule has 0 radical (unpaired) electrons. The second-order valence-corrected chi connectivity index (χ2v) is 8.33. The summed E-state index contributed by atoms with van der Waals surface area (Å²) in [4.78, 5) is 24.6. The number of hydrogen-bond acceptors (Lipinski definition) is 4. The number of anilines is 1. The number of ether oxygens (including phenoxy) is 2. The molecular formula is C23H17BrClF3N2O4. The van der Waals surface area contributed by atoms with Crippen molar-refractivity contribution in [3.63, 3.8) is 0 Å². The highest BCUT2D eigenvalue weighted by atomic mass is 79.9. The number of nitrogens with one attached hydrogen (secondary N) is 2. The third kappa shape index (κ3) is 6.64. The first kappa shape index (κ1) is 25.4. The molecule has 3 amide bonds.